The van der Waals surface area contributed by atoms with Gasteiger partial charge in [0.1, 0.15) is 0 Å². The smallest absolute Gasteiger partial charge is 0.236 e. The summed E-state index contributed by atoms with van der Waals surface area (Å²) in [4.78, 5) is 15.3. The lowest BCUT2D eigenvalue weighted by molar-refractivity contribution is -0.129. The second-order valence-corrected chi connectivity index (χ2v) is 4.99. The molecule has 0 atom stereocenters. The third-order valence-electron chi connectivity index (χ3n) is 3.20. The van der Waals surface area contributed by atoms with Gasteiger partial charge in [0, 0.05) is 20.6 Å². The van der Waals surface area contributed by atoms with Crippen molar-refractivity contribution in [3.63, 3.8) is 0 Å². The molecule has 3 nitrogen and oxygen atoms in total. The first-order valence-electron chi connectivity index (χ1n) is 5.98. The van der Waals surface area contributed by atoms with Gasteiger partial charge in [-0.2, -0.15) is 0 Å². The van der Waals surface area contributed by atoms with Crippen LogP contribution in [0.25, 0.3) is 0 Å². The molecule has 1 aliphatic carbocycles. The molecule has 0 unspecified atom stereocenters. The minimum absolute atomic E-state index is 0.202. The Labute approximate surface area is 93.4 Å². The van der Waals surface area contributed by atoms with Crippen LogP contribution in [0.15, 0.2) is 0 Å². The molecule has 3 heteroatoms. The molecule has 0 saturated heterocycles. The van der Waals surface area contributed by atoms with Crippen LogP contribution in [0.1, 0.15) is 32.1 Å². The number of hydrogen-bond acceptors (Lipinski definition) is 2. The highest BCUT2D eigenvalue weighted by Gasteiger charge is 2.16. The summed E-state index contributed by atoms with van der Waals surface area (Å²) in [7, 11) is 5.68. The molecule has 0 aromatic rings. The Morgan fingerprint density at radius 1 is 1.13 bits per heavy atom. The summed E-state index contributed by atoms with van der Waals surface area (Å²) >= 11 is 0. The Kier molecular flexibility index (Phi) is 5.09. The van der Waals surface area contributed by atoms with E-state index in [1.807, 2.05) is 14.1 Å². The second-order valence-electron chi connectivity index (χ2n) is 4.99. The number of amides is 1. The third-order valence-corrected chi connectivity index (χ3v) is 3.20. The molecule has 0 radical (unpaired) electrons. The van der Waals surface area contributed by atoms with Crippen LogP contribution in [0.4, 0.5) is 0 Å². The first kappa shape index (κ1) is 12.5. The minimum atomic E-state index is 0.202. The van der Waals surface area contributed by atoms with Crippen molar-refractivity contribution in [3.05, 3.63) is 0 Å². The van der Waals surface area contributed by atoms with Gasteiger partial charge in [-0.05, 0) is 25.8 Å². The van der Waals surface area contributed by atoms with Crippen LogP contribution in [0.3, 0.4) is 0 Å². The fourth-order valence-electron chi connectivity index (χ4n) is 2.25. The summed E-state index contributed by atoms with van der Waals surface area (Å²) in [5.41, 5.74) is 0. The standard InChI is InChI=1S/C12H24N2O/c1-13(2)12(15)10-14(3)9-11-7-5-4-6-8-11/h11H,4-10H2,1-3H3. The fourth-order valence-corrected chi connectivity index (χ4v) is 2.25. The van der Waals surface area contributed by atoms with E-state index >= 15 is 0 Å². The van der Waals surface area contributed by atoms with Crippen molar-refractivity contribution in [2.75, 3.05) is 34.2 Å². The monoisotopic (exact) mass is 212 g/mol. The van der Waals surface area contributed by atoms with Crippen LogP contribution in [0.2, 0.25) is 0 Å². The van der Waals surface area contributed by atoms with E-state index < -0.39 is 0 Å². The molecule has 1 fully saturated rings. The Bertz CT molecular complexity index is 198. The van der Waals surface area contributed by atoms with Gasteiger partial charge >= 0.3 is 0 Å². The Balaban J connectivity index is 2.22. The number of carbonyl (C=O) groups excluding carboxylic acids is 1. The average molecular weight is 212 g/mol. The number of rotatable bonds is 4. The van der Waals surface area contributed by atoms with Gasteiger partial charge < -0.3 is 4.90 Å². The fraction of sp³-hybridized carbons (Fsp3) is 0.917. The zero-order valence-corrected chi connectivity index (χ0v) is 10.3. The van der Waals surface area contributed by atoms with Crippen molar-refractivity contribution in [3.8, 4) is 0 Å². The zero-order chi connectivity index (χ0) is 11.3. The molecule has 15 heavy (non-hydrogen) atoms. The van der Waals surface area contributed by atoms with Gasteiger partial charge in [0.2, 0.25) is 5.91 Å². The summed E-state index contributed by atoms with van der Waals surface area (Å²) in [6.07, 6.45) is 6.85. The topological polar surface area (TPSA) is 23.6 Å². The molecule has 0 aromatic heterocycles. The average Bonchev–Trinajstić information content (AvgIpc) is 2.18. The van der Waals surface area contributed by atoms with Crippen LogP contribution in [0, 0.1) is 5.92 Å². The quantitative estimate of drug-likeness (QED) is 0.706. The summed E-state index contributed by atoms with van der Waals surface area (Å²) in [6, 6.07) is 0. The molecular weight excluding hydrogens is 188 g/mol. The largest absolute Gasteiger partial charge is 0.348 e. The van der Waals surface area contributed by atoms with Crippen LogP contribution in [-0.2, 0) is 4.79 Å². The lowest BCUT2D eigenvalue weighted by atomic mass is 9.89. The second kappa shape index (κ2) is 6.11. The van der Waals surface area contributed by atoms with E-state index in [4.69, 9.17) is 0 Å². The highest BCUT2D eigenvalue weighted by Crippen LogP contribution is 2.23. The van der Waals surface area contributed by atoms with Gasteiger partial charge in [-0.3, -0.25) is 9.69 Å². The van der Waals surface area contributed by atoms with Gasteiger partial charge in [-0.1, -0.05) is 19.3 Å². The first-order chi connectivity index (χ1) is 7.09. The van der Waals surface area contributed by atoms with E-state index in [-0.39, 0.29) is 5.91 Å². The molecule has 1 rings (SSSR count). The number of nitrogens with zero attached hydrogens (tertiary/aromatic N) is 2. The molecular formula is C12H24N2O. The van der Waals surface area contributed by atoms with Crippen molar-refractivity contribution in [1.82, 2.24) is 9.80 Å². The number of likely N-dealkylation sites (N-methyl/N-ethyl adjacent to an activating group) is 2. The van der Waals surface area contributed by atoms with Crippen LogP contribution in [0.5, 0.6) is 0 Å². The highest BCUT2D eigenvalue weighted by molar-refractivity contribution is 5.77. The van der Waals surface area contributed by atoms with E-state index in [0.29, 0.717) is 6.54 Å². The van der Waals surface area contributed by atoms with E-state index in [9.17, 15) is 4.79 Å². The summed E-state index contributed by atoms with van der Waals surface area (Å²) < 4.78 is 0. The van der Waals surface area contributed by atoms with Crippen LogP contribution >= 0.6 is 0 Å². The number of carbonyl (C=O) groups is 1. The maximum Gasteiger partial charge on any atom is 0.236 e. The zero-order valence-electron chi connectivity index (χ0n) is 10.3. The SMILES string of the molecule is CN(CC(=O)N(C)C)CC1CCCCC1. The molecule has 0 bridgehead atoms. The Morgan fingerprint density at radius 3 is 2.27 bits per heavy atom. The van der Waals surface area contributed by atoms with Gasteiger partial charge in [0.25, 0.3) is 0 Å². The van der Waals surface area contributed by atoms with Gasteiger partial charge in [-0.15, -0.1) is 0 Å². The maximum atomic E-state index is 11.5. The minimum Gasteiger partial charge on any atom is -0.348 e. The predicted octanol–water partition coefficient (Wildman–Crippen LogP) is 1.59. The molecule has 0 heterocycles. The van der Waals surface area contributed by atoms with Crippen molar-refractivity contribution in [2.24, 2.45) is 5.92 Å². The molecule has 1 amide bonds. The summed E-state index contributed by atoms with van der Waals surface area (Å²) in [5.74, 6) is 1.02. The summed E-state index contributed by atoms with van der Waals surface area (Å²) in [5, 5.41) is 0. The summed E-state index contributed by atoms with van der Waals surface area (Å²) in [6.45, 7) is 1.64. The normalized spacial score (nSPS) is 18.1. The van der Waals surface area contributed by atoms with E-state index in [0.717, 1.165) is 12.5 Å². The third kappa shape index (κ3) is 4.65. The van der Waals surface area contributed by atoms with Gasteiger partial charge in [-0.25, -0.2) is 0 Å². The molecule has 0 aromatic carbocycles. The lowest BCUT2D eigenvalue weighted by Crippen LogP contribution is -2.37. The maximum absolute atomic E-state index is 11.5. The van der Waals surface area contributed by atoms with E-state index in [1.54, 1.807) is 4.90 Å². The molecule has 0 aliphatic heterocycles. The molecule has 0 spiro atoms. The highest BCUT2D eigenvalue weighted by atomic mass is 16.2. The van der Waals surface area contributed by atoms with Crippen LogP contribution in [-0.4, -0.2) is 49.9 Å². The molecule has 88 valence electrons. The lowest BCUT2D eigenvalue weighted by Gasteiger charge is -2.27. The molecule has 1 saturated carbocycles. The molecule has 0 N–H and O–H groups in total. The van der Waals surface area contributed by atoms with E-state index in [1.165, 1.54) is 32.1 Å². The predicted molar refractivity (Wildman–Crippen MR) is 62.8 cm³/mol. The van der Waals surface area contributed by atoms with Crippen molar-refractivity contribution in [1.29, 1.82) is 0 Å². The van der Waals surface area contributed by atoms with Gasteiger partial charge in [0.05, 0.1) is 6.54 Å². The Morgan fingerprint density at radius 2 is 1.73 bits per heavy atom. The number of hydrogen-bond donors (Lipinski definition) is 0. The van der Waals surface area contributed by atoms with E-state index in [2.05, 4.69) is 11.9 Å². The molecule has 1 aliphatic rings. The van der Waals surface area contributed by atoms with Crippen molar-refractivity contribution in [2.45, 2.75) is 32.1 Å². The van der Waals surface area contributed by atoms with Gasteiger partial charge in [0.15, 0.2) is 0 Å². The van der Waals surface area contributed by atoms with Crippen molar-refractivity contribution < 1.29 is 4.79 Å². The van der Waals surface area contributed by atoms with Crippen LogP contribution < -0.4 is 0 Å². The van der Waals surface area contributed by atoms with Crippen molar-refractivity contribution >= 4 is 5.91 Å². The first-order valence-corrected chi connectivity index (χ1v) is 5.98. The Hall–Kier alpha value is -0.570.